The van der Waals surface area contributed by atoms with Crippen molar-refractivity contribution in [3.63, 3.8) is 0 Å². The van der Waals surface area contributed by atoms with Gasteiger partial charge in [-0.05, 0) is 12.1 Å². The van der Waals surface area contributed by atoms with Gasteiger partial charge in [-0.1, -0.05) is 12.1 Å². The van der Waals surface area contributed by atoms with E-state index in [1.807, 2.05) is 0 Å². The Labute approximate surface area is 158 Å². The molecular weight excluding hydrogens is 372 g/mol. The number of methoxy groups -OCH3 is 1. The fraction of sp³-hybridized carbons (Fsp3) is 0.333. The van der Waals surface area contributed by atoms with E-state index in [9.17, 15) is 25.7 Å². The molecule has 10 nitrogen and oxygen atoms in total. The number of fused-ring (bicyclic) bond motifs is 2. The number of ether oxygens (including phenoxy) is 3. The third kappa shape index (κ3) is 2.74. The molecule has 2 heterocycles. The van der Waals surface area contributed by atoms with E-state index in [1.54, 1.807) is 12.1 Å². The molecule has 4 atom stereocenters. The molecule has 0 bridgehead atoms. The van der Waals surface area contributed by atoms with Gasteiger partial charge in [0.15, 0.2) is 5.75 Å². The third-order valence-corrected chi connectivity index (χ3v) is 4.72. The lowest BCUT2D eigenvalue weighted by Crippen LogP contribution is -2.55. The largest absolute Gasteiger partial charge is 0.617 e. The average Bonchev–Trinajstić information content (AvgIpc) is 2.71. The molecule has 0 spiro atoms. The van der Waals surface area contributed by atoms with Gasteiger partial charge >= 0.3 is 11.0 Å². The maximum atomic E-state index is 13.0. The van der Waals surface area contributed by atoms with Crippen molar-refractivity contribution < 1.29 is 39.0 Å². The van der Waals surface area contributed by atoms with Crippen molar-refractivity contribution in [2.75, 3.05) is 13.7 Å². The van der Waals surface area contributed by atoms with Gasteiger partial charge in [-0.25, -0.2) is 0 Å². The number of nitrogens with zero attached hydrogens (tertiary/aromatic N) is 2. The molecule has 2 aromatic carbocycles. The van der Waals surface area contributed by atoms with Crippen LogP contribution in [0.5, 0.6) is 11.5 Å². The van der Waals surface area contributed by atoms with Crippen molar-refractivity contribution in [1.82, 2.24) is 0 Å². The molecular formula is C18H18N2O8. The van der Waals surface area contributed by atoms with Crippen molar-refractivity contribution in [2.24, 2.45) is 0 Å². The van der Waals surface area contributed by atoms with Crippen LogP contribution in [0.2, 0.25) is 0 Å². The predicted octanol–water partition coefficient (Wildman–Crippen LogP) is -0.914. The summed E-state index contributed by atoms with van der Waals surface area (Å²) in [5, 5.41) is 55.3. The molecule has 1 aliphatic heterocycles. The van der Waals surface area contributed by atoms with Crippen LogP contribution in [0.25, 0.3) is 22.1 Å². The van der Waals surface area contributed by atoms with Crippen LogP contribution in [0.15, 0.2) is 36.4 Å². The predicted molar refractivity (Wildman–Crippen MR) is 94.3 cm³/mol. The molecule has 0 unspecified atom stereocenters. The first-order valence-corrected chi connectivity index (χ1v) is 8.51. The molecule has 10 heteroatoms. The maximum Gasteiger partial charge on any atom is 0.332 e. The van der Waals surface area contributed by atoms with Gasteiger partial charge in [0.2, 0.25) is 12.0 Å². The minimum Gasteiger partial charge on any atom is -0.617 e. The Kier molecular flexibility index (Phi) is 4.55. The van der Waals surface area contributed by atoms with Gasteiger partial charge in [-0.3, -0.25) is 0 Å². The minimum absolute atomic E-state index is 0.0190. The highest BCUT2D eigenvalue weighted by atomic mass is 16.7. The normalized spacial score (nSPS) is 25.1. The second-order valence-electron chi connectivity index (χ2n) is 6.41. The summed E-state index contributed by atoms with van der Waals surface area (Å²) in [5.74, 6) is 0.225. The molecule has 1 aliphatic rings. The number of aliphatic hydroxyl groups excluding tert-OH is 3. The SMILES string of the molecule is COc1cccc2c1[n+]([O-])c1cccc(O[C@@H]3OC[C@@H](O)[C@H](O)[C@H]3O)c1[n+]2[O-]. The van der Waals surface area contributed by atoms with Gasteiger partial charge in [0.25, 0.3) is 11.0 Å². The number of aliphatic hydroxyl groups is 3. The molecule has 148 valence electrons. The Morgan fingerprint density at radius 2 is 1.50 bits per heavy atom. The van der Waals surface area contributed by atoms with Crippen LogP contribution in [0.3, 0.4) is 0 Å². The van der Waals surface area contributed by atoms with Crippen molar-refractivity contribution in [3.05, 3.63) is 46.8 Å². The summed E-state index contributed by atoms with van der Waals surface area (Å²) in [4.78, 5) is 0. The Morgan fingerprint density at radius 1 is 0.929 bits per heavy atom. The van der Waals surface area contributed by atoms with Crippen LogP contribution >= 0.6 is 0 Å². The molecule has 0 saturated carbocycles. The van der Waals surface area contributed by atoms with Gasteiger partial charge in [-0.2, -0.15) is 9.46 Å². The Hall–Kier alpha value is -2.92. The Morgan fingerprint density at radius 3 is 2.11 bits per heavy atom. The lowest BCUT2D eigenvalue weighted by molar-refractivity contribution is -0.591. The molecule has 0 radical (unpaired) electrons. The molecule has 1 aromatic heterocycles. The highest BCUT2D eigenvalue weighted by Crippen LogP contribution is 2.28. The van der Waals surface area contributed by atoms with Crippen LogP contribution in [-0.4, -0.2) is 53.6 Å². The quantitative estimate of drug-likeness (QED) is 0.296. The highest BCUT2D eigenvalue weighted by Gasteiger charge is 2.40. The van der Waals surface area contributed by atoms with Gasteiger partial charge in [-0.15, -0.1) is 0 Å². The monoisotopic (exact) mass is 390 g/mol. The number of benzene rings is 2. The second kappa shape index (κ2) is 6.91. The summed E-state index contributed by atoms with van der Waals surface area (Å²) < 4.78 is 17.1. The smallest absolute Gasteiger partial charge is 0.332 e. The summed E-state index contributed by atoms with van der Waals surface area (Å²) in [7, 11) is 1.40. The minimum atomic E-state index is -1.54. The molecule has 1 saturated heterocycles. The molecule has 3 aromatic rings. The number of rotatable bonds is 3. The molecule has 3 N–H and O–H groups in total. The van der Waals surface area contributed by atoms with Crippen molar-refractivity contribution >= 4 is 22.1 Å². The average molecular weight is 390 g/mol. The first kappa shape index (κ1) is 18.4. The summed E-state index contributed by atoms with van der Waals surface area (Å²) >= 11 is 0. The summed E-state index contributed by atoms with van der Waals surface area (Å²) in [6.45, 7) is -0.257. The van der Waals surface area contributed by atoms with Crippen molar-refractivity contribution in [3.8, 4) is 11.5 Å². The maximum absolute atomic E-state index is 13.0. The first-order chi connectivity index (χ1) is 13.4. The zero-order valence-corrected chi connectivity index (χ0v) is 14.8. The van der Waals surface area contributed by atoms with Crippen LogP contribution in [0.4, 0.5) is 0 Å². The van der Waals surface area contributed by atoms with Crippen LogP contribution < -0.4 is 18.9 Å². The molecule has 1 fully saturated rings. The number of hydrogen-bond donors (Lipinski definition) is 3. The number of hydrogen-bond acceptors (Lipinski definition) is 8. The van der Waals surface area contributed by atoms with Gasteiger partial charge in [0.05, 0.1) is 13.7 Å². The van der Waals surface area contributed by atoms with E-state index in [2.05, 4.69) is 0 Å². The zero-order chi connectivity index (χ0) is 20.0. The van der Waals surface area contributed by atoms with E-state index in [-0.39, 0.29) is 40.2 Å². The summed E-state index contributed by atoms with van der Waals surface area (Å²) in [5.41, 5.74) is 0.0839. The fourth-order valence-corrected chi connectivity index (χ4v) is 3.27. The van der Waals surface area contributed by atoms with E-state index in [0.717, 1.165) is 0 Å². The summed E-state index contributed by atoms with van der Waals surface area (Å²) in [6, 6.07) is 9.02. The van der Waals surface area contributed by atoms with E-state index in [1.165, 1.54) is 31.4 Å². The van der Waals surface area contributed by atoms with Crippen LogP contribution in [0.1, 0.15) is 0 Å². The van der Waals surface area contributed by atoms with Crippen LogP contribution in [-0.2, 0) is 4.74 Å². The molecule has 0 amide bonds. The molecule has 0 aliphatic carbocycles. The highest BCUT2D eigenvalue weighted by molar-refractivity contribution is 5.83. The van der Waals surface area contributed by atoms with E-state index in [0.29, 0.717) is 9.46 Å². The van der Waals surface area contributed by atoms with Gasteiger partial charge in [0, 0.05) is 12.1 Å². The number of para-hydroxylation sites is 2. The second-order valence-corrected chi connectivity index (χ2v) is 6.41. The van der Waals surface area contributed by atoms with E-state index >= 15 is 0 Å². The lowest BCUT2D eigenvalue weighted by atomic mass is 10.1. The van der Waals surface area contributed by atoms with E-state index in [4.69, 9.17) is 14.2 Å². The van der Waals surface area contributed by atoms with E-state index < -0.39 is 24.6 Å². The Balaban J connectivity index is 1.87. The van der Waals surface area contributed by atoms with Gasteiger partial charge < -0.3 is 39.9 Å². The summed E-state index contributed by atoms with van der Waals surface area (Å²) in [6.07, 6.45) is -5.60. The third-order valence-electron chi connectivity index (χ3n) is 4.72. The lowest BCUT2D eigenvalue weighted by Gasteiger charge is -2.34. The number of aromatic nitrogens is 2. The molecule has 28 heavy (non-hydrogen) atoms. The van der Waals surface area contributed by atoms with Crippen LogP contribution in [0, 0.1) is 10.4 Å². The van der Waals surface area contributed by atoms with Crippen molar-refractivity contribution in [2.45, 2.75) is 24.6 Å². The first-order valence-electron chi connectivity index (χ1n) is 8.51. The van der Waals surface area contributed by atoms with Crippen molar-refractivity contribution in [1.29, 1.82) is 0 Å². The topological polar surface area (TPSA) is 142 Å². The molecule has 4 rings (SSSR count). The Bertz CT molecular complexity index is 1040. The zero-order valence-electron chi connectivity index (χ0n) is 14.8. The fourth-order valence-electron chi connectivity index (χ4n) is 3.27. The van der Waals surface area contributed by atoms with Gasteiger partial charge in [0.1, 0.15) is 18.3 Å². The standard InChI is InChI=1S/C18H18N2O8/c1-26-12-6-2-4-9-14(12)19(24)10-5-3-7-13(15(10)20(9)25)28-18-17(23)16(22)11(21)8-27-18/h2-7,11,16-18,21-23H,8H2,1H3/t11-,16+,17-,18+/m1/s1.